The van der Waals surface area contributed by atoms with Crippen molar-refractivity contribution in [3.8, 4) is 0 Å². The molecule has 0 bridgehead atoms. The summed E-state index contributed by atoms with van der Waals surface area (Å²) in [6, 6.07) is 5.62. The molecule has 0 atom stereocenters. The Morgan fingerprint density at radius 2 is 2.00 bits per heavy atom. The number of rotatable bonds is 4. The van der Waals surface area contributed by atoms with Crippen molar-refractivity contribution < 1.29 is 19.5 Å². The highest BCUT2D eigenvalue weighted by Crippen LogP contribution is 2.12. The molecule has 0 saturated carbocycles. The molecule has 1 rings (SSSR count). The summed E-state index contributed by atoms with van der Waals surface area (Å²) in [5.41, 5.74) is 5.25. The molecule has 0 heterocycles. The Labute approximate surface area is 84.5 Å². The molecule has 0 aliphatic heterocycles. The van der Waals surface area contributed by atoms with Crippen molar-refractivity contribution in [2.75, 3.05) is 0 Å². The smallest absolute Gasteiger partial charge is 0.333 e. The Bertz CT molecular complexity index is 362. The molecule has 2 N–H and O–H groups in total. The minimum Gasteiger partial charge on any atom is -0.333 e. The standard InChI is InChI=1S/C8H8N2O5/c9-8(11)15-14-5-6-1-3-7(4-2-6)10(12)13/h1-4H,5H2,(H2,9,11). The number of nitro benzene ring substituents is 1. The fraction of sp³-hybridized carbons (Fsp3) is 0.125. The summed E-state index contributed by atoms with van der Waals surface area (Å²) in [6.45, 7) is -0.0130. The van der Waals surface area contributed by atoms with Gasteiger partial charge in [0.05, 0.1) is 4.92 Å². The molecular formula is C8H8N2O5. The first-order valence-electron chi connectivity index (χ1n) is 3.92. The molecular weight excluding hydrogens is 204 g/mol. The van der Waals surface area contributed by atoms with Gasteiger partial charge in [-0.1, -0.05) is 0 Å². The molecule has 0 fully saturated rings. The fourth-order valence-electron chi connectivity index (χ4n) is 0.869. The lowest BCUT2D eigenvalue weighted by atomic mass is 10.2. The van der Waals surface area contributed by atoms with Crippen LogP contribution in [0.2, 0.25) is 0 Å². The van der Waals surface area contributed by atoms with Crippen LogP contribution in [0.4, 0.5) is 10.5 Å². The highest BCUT2D eigenvalue weighted by molar-refractivity contribution is 5.63. The van der Waals surface area contributed by atoms with Crippen molar-refractivity contribution in [2.24, 2.45) is 5.73 Å². The number of carbonyl (C=O) groups excluding carboxylic acids is 1. The van der Waals surface area contributed by atoms with Crippen LogP contribution in [-0.4, -0.2) is 11.0 Å². The highest BCUT2D eigenvalue weighted by atomic mass is 17.2. The van der Waals surface area contributed by atoms with E-state index in [0.717, 1.165) is 0 Å². The molecule has 15 heavy (non-hydrogen) atoms. The van der Waals surface area contributed by atoms with E-state index in [9.17, 15) is 14.9 Å². The fourth-order valence-corrected chi connectivity index (χ4v) is 0.869. The van der Waals surface area contributed by atoms with Crippen LogP contribution >= 0.6 is 0 Å². The maximum atomic E-state index is 10.3. The van der Waals surface area contributed by atoms with Crippen molar-refractivity contribution in [1.82, 2.24) is 0 Å². The third-order valence-electron chi connectivity index (χ3n) is 1.51. The van der Waals surface area contributed by atoms with Crippen LogP contribution in [0.5, 0.6) is 0 Å². The van der Waals surface area contributed by atoms with Crippen molar-refractivity contribution in [3.05, 3.63) is 39.9 Å². The molecule has 0 unspecified atom stereocenters. The van der Waals surface area contributed by atoms with Gasteiger partial charge in [-0.3, -0.25) is 15.0 Å². The Hall–Kier alpha value is -2.15. The van der Waals surface area contributed by atoms with Crippen LogP contribution in [0.15, 0.2) is 24.3 Å². The Morgan fingerprint density at radius 3 is 2.47 bits per heavy atom. The Kier molecular flexibility index (Phi) is 3.58. The lowest BCUT2D eigenvalue weighted by Gasteiger charge is -2.00. The zero-order valence-electron chi connectivity index (χ0n) is 7.58. The van der Waals surface area contributed by atoms with E-state index < -0.39 is 11.0 Å². The van der Waals surface area contributed by atoms with Crippen LogP contribution < -0.4 is 5.73 Å². The van der Waals surface area contributed by atoms with E-state index in [1.807, 2.05) is 0 Å². The zero-order chi connectivity index (χ0) is 11.3. The number of primary amides is 1. The lowest BCUT2D eigenvalue weighted by Crippen LogP contribution is -2.13. The van der Waals surface area contributed by atoms with Crippen molar-refractivity contribution in [1.29, 1.82) is 0 Å². The first-order chi connectivity index (χ1) is 7.09. The summed E-state index contributed by atoms with van der Waals surface area (Å²) in [6.07, 6.45) is -1.04. The van der Waals surface area contributed by atoms with E-state index >= 15 is 0 Å². The number of non-ortho nitro benzene ring substituents is 1. The quantitative estimate of drug-likeness (QED) is 0.457. The van der Waals surface area contributed by atoms with Crippen molar-refractivity contribution in [2.45, 2.75) is 6.61 Å². The van der Waals surface area contributed by atoms with E-state index in [2.05, 4.69) is 15.5 Å². The molecule has 0 aliphatic rings. The van der Waals surface area contributed by atoms with Crippen LogP contribution in [0.1, 0.15) is 5.56 Å². The van der Waals surface area contributed by atoms with E-state index in [1.54, 1.807) is 0 Å². The number of hydrogen-bond acceptors (Lipinski definition) is 5. The van der Waals surface area contributed by atoms with Gasteiger partial charge in [-0.05, 0) is 17.7 Å². The SMILES string of the molecule is NC(=O)OOCc1ccc([N+](=O)[O-])cc1. The molecule has 0 aliphatic carbocycles. The van der Waals surface area contributed by atoms with Gasteiger partial charge < -0.3 is 5.73 Å². The number of hydrogen-bond donors (Lipinski definition) is 1. The van der Waals surface area contributed by atoms with Gasteiger partial charge in [-0.25, -0.2) is 4.79 Å². The summed E-state index contributed by atoms with van der Waals surface area (Å²) < 4.78 is 0. The van der Waals surface area contributed by atoms with Gasteiger partial charge in [0, 0.05) is 12.1 Å². The largest absolute Gasteiger partial charge is 0.436 e. The average Bonchev–Trinajstić information content (AvgIpc) is 2.18. The maximum Gasteiger partial charge on any atom is 0.436 e. The van der Waals surface area contributed by atoms with E-state index in [1.165, 1.54) is 24.3 Å². The summed E-state index contributed by atoms with van der Waals surface area (Å²) >= 11 is 0. The van der Waals surface area contributed by atoms with Crippen molar-refractivity contribution >= 4 is 11.8 Å². The first-order valence-corrected chi connectivity index (χ1v) is 3.92. The predicted octanol–water partition coefficient (Wildman–Crippen LogP) is 1.12. The van der Waals surface area contributed by atoms with Crippen LogP contribution in [0.25, 0.3) is 0 Å². The predicted molar refractivity (Wildman–Crippen MR) is 48.6 cm³/mol. The first kappa shape index (κ1) is 10.9. The molecule has 80 valence electrons. The van der Waals surface area contributed by atoms with E-state index in [4.69, 9.17) is 0 Å². The molecule has 0 spiro atoms. The monoisotopic (exact) mass is 212 g/mol. The lowest BCUT2D eigenvalue weighted by molar-refractivity contribution is -0.384. The van der Waals surface area contributed by atoms with Gasteiger partial charge in [0.2, 0.25) is 0 Å². The molecule has 1 aromatic rings. The van der Waals surface area contributed by atoms with Gasteiger partial charge in [0.25, 0.3) is 5.69 Å². The number of carbonyl (C=O) groups is 1. The minimum atomic E-state index is -1.04. The molecule has 1 amide bonds. The summed E-state index contributed by atoms with van der Waals surface area (Å²) in [4.78, 5) is 28.4. The zero-order valence-corrected chi connectivity index (χ0v) is 7.58. The Balaban J connectivity index is 2.50. The third kappa shape index (κ3) is 3.61. The van der Waals surface area contributed by atoms with E-state index in [-0.39, 0.29) is 12.3 Å². The van der Waals surface area contributed by atoms with Crippen LogP contribution in [-0.2, 0) is 16.4 Å². The second-order valence-corrected chi connectivity index (χ2v) is 2.59. The van der Waals surface area contributed by atoms with Gasteiger partial charge in [0.15, 0.2) is 0 Å². The van der Waals surface area contributed by atoms with Gasteiger partial charge in [-0.15, -0.1) is 0 Å². The van der Waals surface area contributed by atoms with Crippen molar-refractivity contribution in [3.63, 3.8) is 0 Å². The van der Waals surface area contributed by atoms with Gasteiger partial charge >= 0.3 is 6.09 Å². The molecule has 7 nitrogen and oxygen atoms in total. The number of nitrogens with zero attached hydrogens (tertiary/aromatic N) is 1. The minimum absolute atomic E-state index is 0.0130. The summed E-state index contributed by atoms with van der Waals surface area (Å²) in [7, 11) is 0. The maximum absolute atomic E-state index is 10.3. The number of nitro groups is 1. The third-order valence-corrected chi connectivity index (χ3v) is 1.51. The second-order valence-electron chi connectivity index (χ2n) is 2.59. The van der Waals surface area contributed by atoms with Gasteiger partial charge in [-0.2, -0.15) is 4.89 Å². The molecule has 0 radical (unpaired) electrons. The summed E-state index contributed by atoms with van der Waals surface area (Å²) in [5, 5.41) is 10.3. The molecule has 0 saturated heterocycles. The second kappa shape index (κ2) is 4.91. The Morgan fingerprint density at radius 1 is 1.40 bits per heavy atom. The number of nitrogens with two attached hydrogens (primary N) is 1. The molecule has 0 aromatic heterocycles. The van der Waals surface area contributed by atoms with E-state index in [0.29, 0.717) is 5.56 Å². The summed E-state index contributed by atoms with van der Waals surface area (Å²) in [5.74, 6) is 0. The van der Waals surface area contributed by atoms with Gasteiger partial charge in [0.1, 0.15) is 6.61 Å². The number of benzene rings is 1. The van der Waals surface area contributed by atoms with Crippen LogP contribution in [0.3, 0.4) is 0 Å². The topological polar surface area (TPSA) is 105 Å². The molecule has 7 heteroatoms. The normalized spacial score (nSPS) is 9.60. The highest BCUT2D eigenvalue weighted by Gasteiger charge is 2.04. The average molecular weight is 212 g/mol. The number of amides is 1. The van der Waals surface area contributed by atoms with Crippen LogP contribution in [0, 0.1) is 10.1 Å². The molecule has 1 aromatic carbocycles.